The lowest BCUT2D eigenvalue weighted by atomic mass is 9.81. The summed E-state index contributed by atoms with van der Waals surface area (Å²) in [5, 5.41) is 0.756. The van der Waals surface area contributed by atoms with Crippen molar-refractivity contribution in [1.82, 2.24) is 10.4 Å². The number of carbonyl (C=O) groups is 3. The molecule has 6 atom stereocenters. The maximum absolute atomic E-state index is 12.7. The molecule has 27 heavy (non-hydrogen) atoms. The van der Waals surface area contributed by atoms with Gasteiger partial charge in [-0.2, -0.15) is 18.2 Å². The first-order chi connectivity index (χ1) is 12.7. The molecule has 0 spiro atoms. The van der Waals surface area contributed by atoms with Gasteiger partial charge in [0.05, 0.1) is 17.4 Å². The fraction of sp³-hybridized carbons (Fsp3) is 0.421. The van der Waals surface area contributed by atoms with E-state index >= 15 is 0 Å². The molecule has 0 aromatic heterocycles. The van der Waals surface area contributed by atoms with Crippen LogP contribution in [0.3, 0.4) is 0 Å². The molecule has 2 bridgehead atoms. The Morgan fingerprint density at radius 3 is 2.00 bits per heavy atom. The SMILES string of the molecule is C=C1C2C3CC3C1C1C(=O)N(NC(=O)c3ccc(C(F)(F)F)cc3)C(=O)C21. The van der Waals surface area contributed by atoms with Crippen LogP contribution in [0.15, 0.2) is 36.4 Å². The molecule has 1 aromatic rings. The van der Waals surface area contributed by atoms with Gasteiger partial charge in [-0.15, -0.1) is 0 Å². The van der Waals surface area contributed by atoms with E-state index in [9.17, 15) is 27.6 Å². The molecule has 140 valence electrons. The molecule has 3 saturated carbocycles. The van der Waals surface area contributed by atoms with Gasteiger partial charge in [0.2, 0.25) is 0 Å². The van der Waals surface area contributed by atoms with Crippen LogP contribution in [-0.2, 0) is 15.8 Å². The number of allylic oxidation sites excluding steroid dienone is 1. The van der Waals surface area contributed by atoms with Crippen LogP contribution in [0, 0.1) is 35.5 Å². The Hall–Kier alpha value is -2.64. The number of hydrogen-bond donors (Lipinski definition) is 1. The number of amides is 3. The molecular formula is C19H15F3N2O3. The van der Waals surface area contributed by atoms with E-state index in [0.717, 1.165) is 41.3 Å². The number of nitrogens with zero attached hydrogens (tertiary/aromatic N) is 1. The van der Waals surface area contributed by atoms with E-state index in [-0.39, 0.29) is 17.4 Å². The molecule has 6 unspecified atom stereocenters. The van der Waals surface area contributed by atoms with E-state index in [2.05, 4.69) is 12.0 Å². The molecule has 1 N–H and O–H groups in total. The minimum atomic E-state index is -4.50. The average molecular weight is 376 g/mol. The number of halogens is 3. The van der Waals surface area contributed by atoms with Crippen molar-refractivity contribution < 1.29 is 27.6 Å². The highest BCUT2D eigenvalue weighted by Gasteiger charge is 2.73. The molecule has 3 amide bonds. The summed E-state index contributed by atoms with van der Waals surface area (Å²) in [6, 6.07) is 3.61. The molecule has 3 aliphatic carbocycles. The number of imide groups is 1. The van der Waals surface area contributed by atoms with Crippen molar-refractivity contribution in [2.75, 3.05) is 0 Å². The highest BCUT2D eigenvalue weighted by Crippen LogP contribution is 2.73. The lowest BCUT2D eigenvalue weighted by Gasteiger charge is -2.20. The third-order valence-electron chi connectivity index (χ3n) is 6.53. The highest BCUT2D eigenvalue weighted by molar-refractivity contribution is 6.09. The molecule has 8 heteroatoms. The van der Waals surface area contributed by atoms with Gasteiger partial charge in [-0.3, -0.25) is 19.8 Å². The monoisotopic (exact) mass is 376 g/mol. The smallest absolute Gasteiger partial charge is 0.272 e. The quantitative estimate of drug-likeness (QED) is 0.637. The molecule has 4 fully saturated rings. The second-order valence-electron chi connectivity index (χ2n) is 7.77. The van der Waals surface area contributed by atoms with Gasteiger partial charge in [0.15, 0.2) is 0 Å². The summed E-state index contributed by atoms with van der Waals surface area (Å²) in [5.41, 5.74) is 2.33. The number of rotatable bonds is 2. The van der Waals surface area contributed by atoms with E-state index in [1.54, 1.807) is 0 Å². The van der Waals surface area contributed by atoms with E-state index < -0.39 is 41.3 Å². The van der Waals surface area contributed by atoms with Crippen LogP contribution in [0.5, 0.6) is 0 Å². The number of carbonyl (C=O) groups excluding carboxylic acids is 3. The molecule has 5 rings (SSSR count). The van der Waals surface area contributed by atoms with Crippen LogP contribution in [0.25, 0.3) is 0 Å². The van der Waals surface area contributed by atoms with Gasteiger partial charge in [0.1, 0.15) is 0 Å². The second-order valence-corrected chi connectivity index (χ2v) is 7.77. The van der Waals surface area contributed by atoms with Crippen LogP contribution >= 0.6 is 0 Å². The van der Waals surface area contributed by atoms with Crippen molar-refractivity contribution >= 4 is 17.7 Å². The standard InChI is InChI=1S/C19H15F3N2O3/c1-7-12-10-6-11(10)13(7)15-14(12)17(26)24(18(15)27)23-16(25)8-2-4-9(5-3-8)19(20,21)22/h2-5,10-15H,1,6H2,(H,23,25). The van der Waals surface area contributed by atoms with Crippen molar-refractivity contribution in [1.29, 1.82) is 0 Å². The normalized spacial score (nSPS) is 36.1. The zero-order valence-corrected chi connectivity index (χ0v) is 14.0. The fourth-order valence-electron chi connectivity index (χ4n) is 5.38. The van der Waals surface area contributed by atoms with E-state index in [0.29, 0.717) is 11.8 Å². The average Bonchev–Trinajstić information content (AvgIpc) is 3.23. The number of nitrogens with one attached hydrogen (secondary N) is 1. The van der Waals surface area contributed by atoms with E-state index in [1.165, 1.54) is 0 Å². The van der Waals surface area contributed by atoms with Gasteiger partial charge in [0.25, 0.3) is 17.7 Å². The summed E-state index contributed by atoms with van der Waals surface area (Å²) in [4.78, 5) is 37.8. The first-order valence-electron chi connectivity index (χ1n) is 8.75. The van der Waals surface area contributed by atoms with Crippen LogP contribution < -0.4 is 5.43 Å². The van der Waals surface area contributed by atoms with Crippen LogP contribution in [-0.4, -0.2) is 22.7 Å². The summed E-state index contributed by atoms with van der Waals surface area (Å²) in [7, 11) is 0. The summed E-state index contributed by atoms with van der Waals surface area (Å²) >= 11 is 0. The van der Waals surface area contributed by atoms with Crippen molar-refractivity contribution in [2.24, 2.45) is 35.5 Å². The number of hydrazine groups is 1. The Kier molecular flexibility index (Phi) is 3.06. The summed E-state index contributed by atoms with van der Waals surface area (Å²) in [6.07, 6.45) is -3.48. The number of fused-ring (bicyclic) bond motifs is 8. The molecule has 4 aliphatic rings. The summed E-state index contributed by atoms with van der Waals surface area (Å²) < 4.78 is 37.9. The molecule has 0 radical (unpaired) electrons. The Bertz CT molecular complexity index is 872. The predicted molar refractivity (Wildman–Crippen MR) is 85.5 cm³/mol. The van der Waals surface area contributed by atoms with Gasteiger partial charge in [-0.1, -0.05) is 12.2 Å². The van der Waals surface area contributed by atoms with Gasteiger partial charge >= 0.3 is 6.18 Å². The van der Waals surface area contributed by atoms with Crippen molar-refractivity contribution in [3.8, 4) is 0 Å². The van der Waals surface area contributed by atoms with Gasteiger partial charge in [-0.05, 0) is 54.4 Å². The lowest BCUT2D eigenvalue weighted by Crippen LogP contribution is -2.47. The van der Waals surface area contributed by atoms with E-state index in [4.69, 9.17) is 0 Å². The van der Waals surface area contributed by atoms with Crippen LogP contribution in [0.4, 0.5) is 13.2 Å². The third-order valence-corrected chi connectivity index (χ3v) is 6.53. The molecule has 1 heterocycles. The number of alkyl halides is 3. The van der Waals surface area contributed by atoms with E-state index in [1.807, 2.05) is 0 Å². The Morgan fingerprint density at radius 1 is 1.00 bits per heavy atom. The largest absolute Gasteiger partial charge is 0.416 e. The topological polar surface area (TPSA) is 66.5 Å². The Balaban J connectivity index is 1.35. The fourth-order valence-corrected chi connectivity index (χ4v) is 5.38. The summed E-state index contributed by atoms with van der Waals surface area (Å²) in [6.45, 7) is 4.07. The number of benzene rings is 1. The van der Waals surface area contributed by atoms with Gasteiger partial charge < -0.3 is 0 Å². The number of hydrogen-bond acceptors (Lipinski definition) is 3. The molecule has 1 saturated heterocycles. The van der Waals surface area contributed by atoms with Crippen molar-refractivity contribution in [2.45, 2.75) is 12.6 Å². The predicted octanol–water partition coefficient (Wildman–Crippen LogP) is 2.40. The third kappa shape index (κ3) is 2.09. The van der Waals surface area contributed by atoms with Crippen molar-refractivity contribution in [3.63, 3.8) is 0 Å². The summed E-state index contributed by atoms with van der Waals surface area (Å²) in [5.74, 6) is -1.74. The van der Waals surface area contributed by atoms with Gasteiger partial charge in [-0.25, -0.2) is 0 Å². The Labute approximate surface area is 152 Å². The molecule has 1 aromatic carbocycles. The highest BCUT2D eigenvalue weighted by atomic mass is 19.4. The maximum atomic E-state index is 12.7. The Morgan fingerprint density at radius 2 is 1.52 bits per heavy atom. The minimum Gasteiger partial charge on any atom is -0.272 e. The first kappa shape index (κ1) is 16.5. The molecule has 5 nitrogen and oxygen atoms in total. The van der Waals surface area contributed by atoms with Gasteiger partial charge in [0, 0.05) is 5.56 Å². The molecular weight excluding hydrogens is 361 g/mol. The minimum absolute atomic E-state index is 0.00872. The van der Waals surface area contributed by atoms with Crippen LogP contribution in [0.2, 0.25) is 0 Å². The zero-order valence-electron chi connectivity index (χ0n) is 14.0. The maximum Gasteiger partial charge on any atom is 0.416 e. The lowest BCUT2D eigenvalue weighted by molar-refractivity contribution is -0.143. The van der Waals surface area contributed by atoms with Crippen molar-refractivity contribution in [3.05, 3.63) is 47.5 Å². The second kappa shape index (κ2) is 4.99. The van der Waals surface area contributed by atoms with Crippen LogP contribution in [0.1, 0.15) is 22.3 Å². The first-order valence-corrected chi connectivity index (χ1v) is 8.75. The zero-order chi connectivity index (χ0) is 19.2. The molecule has 1 aliphatic heterocycles.